The number of hydrogen-bond acceptors (Lipinski definition) is 6. The lowest BCUT2D eigenvalue weighted by molar-refractivity contribution is -0.124. The Kier molecular flexibility index (Phi) is 5.91. The number of ether oxygens (including phenoxy) is 3. The molecule has 0 radical (unpaired) electrons. The lowest BCUT2D eigenvalue weighted by atomic mass is 10.2. The Balaban J connectivity index is 1.75. The van der Waals surface area contributed by atoms with E-state index in [9.17, 15) is 23.2 Å². The molecule has 1 heterocycles. The quantitative estimate of drug-likeness (QED) is 0.741. The second-order valence-corrected chi connectivity index (χ2v) is 5.84. The first-order valence-corrected chi connectivity index (χ1v) is 8.39. The van der Waals surface area contributed by atoms with E-state index in [-0.39, 0.29) is 17.9 Å². The van der Waals surface area contributed by atoms with Gasteiger partial charge in [0.1, 0.15) is 12.1 Å². The van der Waals surface area contributed by atoms with Gasteiger partial charge in [-0.15, -0.1) is 0 Å². The minimum atomic E-state index is -3.19. The van der Waals surface area contributed by atoms with Gasteiger partial charge >= 0.3 is 12.6 Å². The van der Waals surface area contributed by atoms with Crippen LogP contribution in [-0.2, 0) is 14.3 Å². The van der Waals surface area contributed by atoms with E-state index in [4.69, 9.17) is 9.47 Å². The number of carbonyl (C=O) groups excluding carboxylic acids is 3. The van der Waals surface area contributed by atoms with Crippen LogP contribution in [0, 0.1) is 0 Å². The lowest BCUT2D eigenvalue weighted by Gasteiger charge is -2.28. The van der Waals surface area contributed by atoms with Gasteiger partial charge in [-0.3, -0.25) is 14.5 Å². The molecule has 0 saturated carbocycles. The number of amides is 2. The summed E-state index contributed by atoms with van der Waals surface area (Å²) in [5.74, 6) is -2.69. The van der Waals surface area contributed by atoms with Gasteiger partial charge in [-0.2, -0.15) is 8.78 Å². The maximum absolute atomic E-state index is 12.7. The zero-order valence-corrected chi connectivity index (χ0v) is 15.2. The minimum Gasteiger partial charge on any atom is -0.493 e. The molecule has 10 heteroatoms. The fourth-order valence-electron chi connectivity index (χ4n) is 2.79. The Bertz CT molecular complexity index is 950. The number of nitrogens with one attached hydrogen (secondary N) is 1. The highest BCUT2D eigenvalue weighted by molar-refractivity contribution is 6.10. The van der Waals surface area contributed by atoms with Crippen molar-refractivity contribution in [3.8, 4) is 11.5 Å². The lowest BCUT2D eigenvalue weighted by Crippen LogP contribution is -2.44. The van der Waals surface area contributed by atoms with E-state index >= 15 is 0 Å². The normalized spacial score (nSPS) is 12.8. The maximum atomic E-state index is 12.7. The Labute approximate surface area is 164 Å². The molecule has 1 N–H and O–H groups in total. The summed E-state index contributed by atoms with van der Waals surface area (Å²) in [4.78, 5) is 37.9. The van der Waals surface area contributed by atoms with Gasteiger partial charge in [0.25, 0.3) is 5.91 Å². The Hall–Kier alpha value is -3.69. The number of benzene rings is 2. The maximum Gasteiger partial charge on any atom is 0.387 e. The van der Waals surface area contributed by atoms with Crippen LogP contribution in [0.2, 0.25) is 0 Å². The summed E-state index contributed by atoms with van der Waals surface area (Å²) in [5.41, 5.74) is 0.578. The molecule has 152 valence electrons. The van der Waals surface area contributed by atoms with Crippen LogP contribution in [0.25, 0.3) is 0 Å². The zero-order valence-electron chi connectivity index (χ0n) is 15.2. The summed E-state index contributed by atoms with van der Waals surface area (Å²) in [6.45, 7) is -4.14. The van der Waals surface area contributed by atoms with Crippen molar-refractivity contribution in [3.63, 3.8) is 0 Å². The van der Waals surface area contributed by atoms with Crippen LogP contribution < -0.4 is 19.7 Å². The van der Waals surface area contributed by atoms with Gasteiger partial charge in [-0.05, 0) is 24.3 Å². The Morgan fingerprint density at radius 3 is 2.66 bits per heavy atom. The third-order valence-corrected chi connectivity index (χ3v) is 4.02. The van der Waals surface area contributed by atoms with E-state index in [1.54, 1.807) is 24.3 Å². The molecule has 2 amide bonds. The number of rotatable bonds is 6. The monoisotopic (exact) mass is 406 g/mol. The second-order valence-electron chi connectivity index (χ2n) is 5.84. The molecule has 0 aromatic heterocycles. The topological polar surface area (TPSA) is 94.2 Å². The van der Waals surface area contributed by atoms with Crippen molar-refractivity contribution in [1.29, 1.82) is 0 Å². The molecule has 2 aromatic rings. The van der Waals surface area contributed by atoms with Gasteiger partial charge in [0.15, 0.2) is 18.1 Å². The second kappa shape index (κ2) is 8.55. The first-order chi connectivity index (χ1) is 13.9. The van der Waals surface area contributed by atoms with Crippen molar-refractivity contribution < 1.29 is 37.4 Å². The van der Waals surface area contributed by atoms with E-state index in [1.165, 1.54) is 30.2 Å². The molecule has 0 atom stereocenters. The molecule has 8 nitrogen and oxygen atoms in total. The summed E-state index contributed by atoms with van der Waals surface area (Å²) in [6, 6.07) is 10.6. The van der Waals surface area contributed by atoms with Crippen LogP contribution in [-0.4, -0.2) is 44.7 Å². The number of alkyl halides is 2. The summed E-state index contributed by atoms with van der Waals surface area (Å²) in [7, 11) is 1.23. The summed E-state index contributed by atoms with van der Waals surface area (Å²) >= 11 is 0. The van der Waals surface area contributed by atoms with Crippen LogP contribution in [0.4, 0.5) is 20.2 Å². The number of nitrogens with zero attached hydrogens (tertiary/aromatic N) is 1. The van der Waals surface area contributed by atoms with Crippen LogP contribution in [0.15, 0.2) is 42.5 Å². The molecule has 0 fully saturated rings. The highest BCUT2D eigenvalue weighted by Gasteiger charge is 2.28. The number of carbonyl (C=O) groups is 3. The average Bonchev–Trinajstić information content (AvgIpc) is 2.70. The number of esters is 1. The van der Waals surface area contributed by atoms with E-state index in [0.29, 0.717) is 11.4 Å². The average molecular weight is 406 g/mol. The zero-order chi connectivity index (χ0) is 21.0. The van der Waals surface area contributed by atoms with E-state index in [2.05, 4.69) is 10.1 Å². The highest BCUT2D eigenvalue weighted by atomic mass is 19.3. The third kappa shape index (κ3) is 4.42. The highest BCUT2D eigenvalue weighted by Crippen LogP contribution is 2.33. The number of para-hydroxylation sites is 3. The predicted octanol–water partition coefficient (Wildman–Crippen LogP) is 2.44. The molecule has 0 spiro atoms. The molecule has 0 bridgehead atoms. The number of anilines is 2. The Morgan fingerprint density at radius 2 is 1.93 bits per heavy atom. The third-order valence-electron chi connectivity index (χ3n) is 4.02. The number of methoxy groups -OCH3 is 1. The van der Waals surface area contributed by atoms with Crippen molar-refractivity contribution in [2.24, 2.45) is 0 Å². The fraction of sp³-hybridized carbons (Fsp3) is 0.211. The number of fused-ring (bicyclic) bond motifs is 1. The predicted molar refractivity (Wildman–Crippen MR) is 97.3 cm³/mol. The molecular weight excluding hydrogens is 390 g/mol. The van der Waals surface area contributed by atoms with Crippen LogP contribution in [0.1, 0.15) is 10.4 Å². The van der Waals surface area contributed by atoms with E-state index in [1.807, 2.05) is 0 Å². The first-order valence-electron chi connectivity index (χ1n) is 8.39. The van der Waals surface area contributed by atoms with Crippen LogP contribution in [0.3, 0.4) is 0 Å². The van der Waals surface area contributed by atoms with Gasteiger partial charge in [0.05, 0.1) is 18.5 Å². The van der Waals surface area contributed by atoms with Crippen molar-refractivity contribution in [2.45, 2.75) is 6.61 Å². The van der Waals surface area contributed by atoms with E-state index in [0.717, 1.165) is 0 Å². The van der Waals surface area contributed by atoms with Gasteiger partial charge in [-0.1, -0.05) is 18.2 Å². The summed E-state index contributed by atoms with van der Waals surface area (Å²) in [5, 5.41) is 2.63. The minimum absolute atomic E-state index is 0.0901. The van der Waals surface area contributed by atoms with Crippen LogP contribution >= 0.6 is 0 Å². The van der Waals surface area contributed by atoms with Crippen molar-refractivity contribution in [2.75, 3.05) is 30.5 Å². The molecule has 1 aliphatic heterocycles. The first kappa shape index (κ1) is 20.1. The Morgan fingerprint density at radius 1 is 1.17 bits per heavy atom. The van der Waals surface area contributed by atoms with Crippen molar-refractivity contribution in [3.05, 3.63) is 48.0 Å². The molecule has 2 aromatic carbocycles. The number of halogens is 2. The summed E-state index contributed by atoms with van der Waals surface area (Å²) < 4.78 is 39.6. The van der Waals surface area contributed by atoms with Gasteiger partial charge in [0.2, 0.25) is 5.91 Å². The SMILES string of the molecule is COc1cccc(C(=O)OCC(=O)N2CC(=O)Nc3ccccc32)c1OC(F)F. The molecule has 0 unspecified atom stereocenters. The van der Waals surface area contributed by atoms with Gasteiger partial charge < -0.3 is 19.5 Å². The summed E-state index contributed by atoms with van der Waals surface area (Å²) in [6.07, 6.45) is 0. The molecule has 0 saturated heterocycles. The van der Waals surface area contributed by atoms with Crippen molar-refractivity contribution in [1.82, 2.24) is 0 Å². The van der Waals surface area contributed by atoms with E-state index < -0.39 is 36.8 Å². The van der Waals surface area contributed by atoms with Crippen molar-refractivity contribution >= 4 is 29.2 Å². The number of hydrogen-bond donors (Lipinski definition) is 1. The molecule has 3 rings (SSSR count). The standard InChI is InChI=1S/C19H16F2N2O6/c1-27-14-8-4-5-11(17(14)29-19(20)21)18(26)28-10-16(25)23-9-15(24)22-12-6-2-3-7-13(12)23/h2-8,19H,9-10H2,1H3,(H,22,24). The van der Waals surface area contributed by atoms with Crippen LogP contribution in [0.5, 0.6) is 11.5 Å². The molecule has 1 aliphatic rings. The van der Waals surface area contributed by atoms with Gasteiger partial charge in [-0.25, -0.2) is 4.79 Å². The van der Waals surface area contributed by atoms with Gasteiger partial charge in [0, 0.05) is 0 Å². The molecule has 0 aliphatic carbocycles. The molecular formula is C19H16F2N2O6. The fourth-order valence-corrected chi connectivity index (χ4v) is 2.79. The molecule has 29 heavy (non-hydrogen) atoms. The smallest absolute Gasteiger partial charge is 0.387 e. The largest absolute Gasteiger partial charge is 0.493 e.